The molecule has 1 aromatic carbocycles. The zero-order valence-corrected chi connectivity index (χ0v) is 10.2. The van der Waals surface area contributed by atoms with Crippen LogP contribution in [0.2, 0.25) is 0 Å². The molecule has 0 bridgehead atoms. The number of ether oxygens (including phenoxy) is 1. The molecule has 0 fully saturated rings. The highest BCUT2D eigenvalue weighted by atomic mass is 16.5. The Kier molecular flexibility index (Phi) is 2.88. The summed E-state index contributed by atoms with van der Waals surface area (Å²) < 4.78 is 7.57. The molecule has 1 atom stereocenters. The van der Waals surface area contributed by atoms with Crippen molar-refractivity contribution in [1.29, 1.82) is 0 Å². The van der Waals surface area contributed by atoms with Gasteiger partial charge in [-0.25, -0.2) is 0 Å². The molecule has 0 spiro atoms. The summed E-state index contributed by atoms with van der Waals surface area (Å²) in [6.45, 7) is 2.15. The molecule has 0 radical (unpaired) electrons. The number of rotatable bonds is 3. The van der Waals surface area contributed by atoms with Crippen molar-refractivity contribution >= 4 is 10.9 Å². The van der Waals surface area contributed by atoms with Gasteiger partial charge in [-0.15, -0.1) is 0 Å². The zero-order valence-electron chi connectivity index (χ0n) is 10.2. The normalized spacial score (nSPS) is 13.0. The van der Waals surface area contributed by atoms with Gasteiger partial charge in [-0.1, -0.05) is 6.07 Å². The lowest BCUT2D eigenvalue weighted by atomic mass is 10.1. The van der Waals surface area contributed by atoms with Gasteiger partial charge in [0.15, 0.2) is 0 Å². The lowest BCUT2D eigenvalue weighted by Crippen LogP contribution is -2.11. The molecule has 1 aromatic heterocycles. The maximum Gasteiger partial charge on any atom is 0.128 e. The highest BCUT2D eigenvalue weighted by molar-refractivity contribution is 5.90. The summed E-state index contributed by atoms with van der Waals surface area (Å²) in [6.07, 6.45) is 2.16. The van der Waals surface area contributed by atoms with Crippen molar-refractivity contribution in [3.8, 4) is 5.75 Å². The summed E-state index contributed by atoms with van der Waals surface area (Å²) in [6, 6.07) is 6.47. The Hall–Kier alpha value is -1.48. The van der Waals surface area contributed by atoms with Gasteiger partial charge in [-0.3, -0.25) is 0 Å². The first kappa shape index (κ1) is 11.0. The summed E-state index contributed by atoms with van der Waals surface area (Å²) in [5.41, 5.74) is 2.48. The van der Waals surface area contributed by atoms with Crippen LogP contribution in [-0.4, -0.2) is 18.7 Å². The lowest BCUT2D eigenvalue weighted by Gasteiger charge is -2.10. The Bertz CT molecular complexity index is 502. The second-order valence-electron chi connectivity index (χ2n) is 4.06. The van der Waals surface area contributed by atoms with Crippen molar-refractivity contribution in [2.75, 3.05) is 14.2 Å². The van der Waals surface area contributed by atoms with Crippen molar-refractivity contribution in [3.63, 3.8) is 0 Å². The number of hydrogen-bond acceptors (Lipinski definition) is 2. The summed E-state index contributed by atoms with van der Waals surface area (Å²) in [7, 11) is 5.75. The third kappa shape index (κ3) is 1.57. The number of hydrogen-bond donors (Lipinski definition) is 1. The van der Waals surface area contributed by atoms with Gasteiger partial charge in [0.05, 0.1) is 12.6 Å². The van der Waals surface area contributed by atoms with Crippen LogP contribution in [0.3, 0.4) is 0 Å². The third-order valence-corrected chi connectivity index (χ3v) is 3.13. The Morgan fingerprint density at radius 1 is 1.38 bits per heavy atom. The van der Waals surface area contributed by atoms with Crippen LogP contribution < -0.4 is 10.1 Å². The maximum atomic E-state index is 5.44. The molecule has 0 amide bonds. The fraction of sp³-hybridized carbons (Fsp3) is 0.385. The first-order valence-corrected chi connectivity index (χ1v) is 5.48. The van der Waals surface area contributed by atoms with Crippen LogP contribution in [0.4, 0.5) is 0 Å². The van der Waals surface area contributed by atoms with Crippen molar-refractivity contribution < 1.29 is 4.74 Å². The number of benzene rings is 1. The highest BCUT2D eigenvalue weighted by Crippen LogP contribution is 2.33. The van der Waals surface area contributed by atoms with E-state index < -0.39 is 0 Å². The fourth-order valence-electron chi connectivity index (χ4n) is 2.10. The van der Waals surface area contributed by atoms with Gasteiger partial charge in [-0.05, 0) is 31.7 Å². The average Bonchev–Trinajstić information content (AvgIpc) is 2.66. The summed E-state index contributed by atoms with van der Waals surface area (Å²) in [5, 5.41) is 4.47. The van der Waals surface area contributed by atoms with Gasteiger partial charge in [-0.2, -0.15) is 0 Å². The number of nitrogens with zero attached hydrogens (tertiary/aromatic N) is 1. The number of fused-ring (bicyclic) bond motifs is 1. The molecule has 0 saturated heterocycles. The van der Waals surface area contributed by atoms with Gasteiger partial charge < -0.3 is 14.6 Å². The molecule has 0 aliphatic heterocycles. The van der Waals surface area contributed by atoms with Gasteiger partial charge in [0.25, 0.3) is 0 Å². The van der Waals surface area contributed by atoms with E-state index in [1.807, 2.05) is 19.2 Å². The monoisotopic (exact) mass is 218 g/mol. The van der Waals surface area contributed by atoms with E-state index in [1.54, 1.807) is 7.11 Å². The van der Waals surface area contributed by atoms with E-state index in [1.165, 1.54) is 16.5 Å². The van der Waals surface area contributed by atoms with E-state index >= 15 is 0 Å². The molecule has 3 nitrogen and oxygen atoms in total. The van der Waals surface area contributed by atoms with E-state index in [4.69, 9.17) is 4.74 Å². The molecule has 2 aromatic rings. The number of nitrogens with one attached hydrogen (secondary N) is 1. The van der Waals surface area contributed by atoms with Gasteiger partial charge in [0.2, 0.25) is 0 Å². The Morgan fingerprint density at radius 2 is 2.12 bits per heavy atom. The van der Waals surface area contributed by atoms with Crippen LogP contribution in [0.1, 0.15) is 18.5 Å². The summed E-state index contributed by atoms with van der Waals surface area (Å²) in [4.78, 5) is 0. The molecule has 1 N–H and O–H groups in total. The molecule has 1 unspecified atom stereocenters. The van der Waals surface area contributed by atoms with Crippen LogP contribution in [0.5, 0.6) is 5.75 Å². The minimum Gasteiger partial charge on any atom is -0.496 e. The molecule has 1 heterocycles. The molecule has 86 valence electrons. The molecule has 16 heavy (non-hydrogen) atoms. The van der Waals surface area contributed by atoms with E-state index in [0.29, 0.717) is 6.04 Å². The average molecular weight is 218 g/mol. The minimum absolute atomic E-state index is 0.319. The standard InChI is InChI=1S/C13H18N2O/c1-9(14-2)10-8-15(3)11-6-5-7-12(16-4)13(10)11/h5-9,14H,1-4H3. The topological polar surface area (TPSA) is 26.2 Å². The van der Waals surface area contributed by atoms with Crippen LogP contribution in [0, 0.1) is 0 Å². The molecular formula is C13H18N2O. The van der Waals surface area contributed by atoms with Gasteiger partial charge >= 0.3 is 0 Å². The molecular weight excluding hydrogens is 200 g/mol. The smallest absolute Gasteiger partial charge is 0.128 e. The van der Waals surface area contributed by atoms with Crippen LogP contribution in [-0.2, 0) is 7.05 Å². The number of aryl methyl sites for hydroxylation is 1. The molecule has 3 heteroatoms. The van der Waals surface area contributed by atoms with Crippen LogP contribution >= 0.6 is 0 Å². The number of aromatic nitrogens is 1. The van der Waals surface area contributed by atoms with Crippen molar-refractivity contribution in [3.05, 3.63) is 30.0 Å². The van der Waals surface area contributed by atoms with Gasteiger partial charge in [0.1, 0.15) is 5.75 Å². The summed E-state index contributed by atoms with van der Waals surface area (Å²) >= 11 is 0. The second kappa shape index (κ2) is 4.18. The SMILES string of the molecule is CNC(C)c1cn(C)c2cccc(OC)c12. The fourth-order valence-corrected chi connectivity index (χ4v) is 2.10. The first-order chi connectivity index (χ1) is 7.69. The zero-order chi connectivity index (χ0) is 11.7. The Balaban J connectivity index is 2.74. The number of methoxy groups -OCH3 is 1. The van der Waals surface area contributed by atoms with E-state index in [-0.39, 0.29) is 0 Å². The molecule has 0 saturated carbocycles. The van der Waals surface area contributed by atoms with Crippen molar-refractivity contribution in [2.45, 2.75) is 13.0 Å². The third-order valence-electron chi connectivity index (χ3n) is 3.13. The predicted octanol–water partition coefficient (Wildman–Crippen LogP) is 2.47. The van der Waals surface area contributed by atoms with E-state index in [0.717, 1.165) is 5.75 Å². The van der Waals surface area contributed by atoms with E-state index in [2.05, 4.69) is 36.1 Å². The largest absolute Gasteiger partial charge is 0.496 e. The molecule has 2 rings (SSSR count). The second-order valence-corrected chi connectivity index (χ2v) is 4.06. The minimum atomic E-state index is 0.319. The van der Waals surface area contributed by atoms with Crippen LogP contribution in [0.15, 0.2) is 24.4 Å². The first-order valence-electron chi connectivity index (χ1n) is 5.48. The predicted molar refractivity (Wildman–Crippen MR) is 66.9 cm³/mol. The Morgan fingerprint density at radius 3 is 2.75 bits per heavy atom. The van der Waals surface area contributed by atoms with Crippen molar-refractivity contribution in [2.24, 2.45) is 7.05 Å². The van der Waals surface area contributed by atoms with E-state index in [9.17, 15) is 0 Å². The lowest BCUT2D eigenvalue weighted by molar-refractivity contribution is 0.419. The summed E-state index contributed by atoms with van der Waals surface area (Å²) in [5.74, 6) is 0.940. The highest BCUT2D eigenvalue weighted by Gasteiger charge is 2.14. The maximum absolute atomic E-state index is 5.44. The van der Waals surface area contributed by atoms with Crippen LogP contribution in [0.25, 0.3) is 10.9 Å². The van der Waals surface area contributed by atoms with Gasteiger partial charge in [0, 0.05) is 24.7 Å². The molecule has 0 aliphatic carbocycles. The molecule has 0 aliphatic rings. The van der Waals surface area contributed by atoms with Crippen molar-refractivity contribution in [1.82, 2.24) is 9.88 Å². The quantitative estimate of drug-likeness (QED) is 0.856. The Labute approximate surface area is 96.0 Å².